The third-order valence-corrected chi connectivity index (χ3v) is 4.25. The number of nitrogens with zero attached hydrogens (tertiary/aromatic N) is 1. The lowest BCUT2D eigenvalue weighted by molar-refractivity contribution is 0.0847. The maximum absolute atomic E-state index is 12.7. The average molecular weight is 345 g/mol. The molecule has 0 amide bonds. The molecule has 1 aromatic carbocycles. The third-order valence-electron chi connectivity index (χ3n) is 3.37. The molecule has 0 aliphatic rings. The van der Waals surface area contributed by atoms with Crippen molar-refractivity contribution >= 4 is 22.9 Å². The summed E-state index contributed by atoms with van der Waals surface area (Å²) in [4.78, 5) is 25.4. The van der Waals surface area contributed by atoms with Gasteiger partial charge in [-0.1, -0.05) is 6.07 Å². The van der Waals surface area contributed by atoms with Gasteiger partial charge in [0.25, 0.3) is 0 Å². The fraction of sp³-hybridized carbons (Fsp3) is 0.235. The van der Waals surface area contributed by atoms with E-state index in [4.69, 9.17) is 14.2 Å². The Bertz CT molecular complexity index is 767. The zero-order valence-electron chi connectivity index (χ0n) is 13.4. The van der Waals surface area contributed by atoms with Gasteiger partial charge in [0, 0.05) is 5.56 Å². The van der Waals surface area contributed by atoms with Crippen molar-refractivity contribution in [3.8, 4) is 23.3 Å². The van der Waals surface area contributed by atoms with Gasteiger partial charge in [0.15, 0.2) is 29.0 Å². The van der Waals surface area contributed by atoms with Gasteiger partial charge in [-0.2, -0.15) is 5.26 Å². The smallest absolute Gasteiger partial charge is 0.203 e. The van der Waals surface area contributed by atoms with Crippen molar-refractivity contribution in [2.45, 2.75) is 0 Å². The van der Waals surface area contributed by atoms with Crippen LogP contribution in [-0.2, 0) is 0 Å². The molecule has 0 saturated carbocycles. The summed E-state index contributed by atoms with van der Waals surface area (Å²) in [6.45, 7) is 0. The Morgan fingerprint density at radius 3 is 2.12 bits per heavy atom. The molecule has 0 aliphatic heterocycles. The van der Waals surface area contributed by atoms with Crippen molar-refractivity contribution in [1.82, 2.24) is 0 Å². The molecule has 0 unspecified atom stereocenters. The Morgan fingerprint density at radius 1 is 1.08 bits per heavy atom. The Labute approximate surface area is 143 Å². The second kappa shape index (κ2) is 7.62. The highest BCUT2D eigenvalue weighted by atomic mass is 32.1. The molecule has 0 aliphatic carbocycles. The number of carbonyl (C=O) groups excluding carboxylic acids is 2. The van der Waals surface area contributed by atoms with Gasteiger partial charge in [-0.15, -0.1) is 11.3 Å². The van der Waals surface area contributed by atoms with E-state index in [-0.39, 0.29) is 17.1 Å². The topological polar surface area (TPSA) is 85.6 Å². The van der Waals surface area contributed by atoms with Gasteiger partial charge in [0.1, 0.15) is 0 Å². The fourth-order valence-corrected chi connectivity index (χ4v) is 2.88. The number of benzene rings is 1. The third kappa shape index (κ3) is 3.24. The molecule has 2 rings (SSSR count). The molecular formula is C17H15NO5S. The molecule has 0 bridgehead atoms. The van der Waals surface area contributed by atoms with E-state index in [9.17, 15) is 14.9 Å². The maximum atomic E-state index is 12.7. The lowest BCUT2D eigenvalue weighted by atomic mass is 9.93. The normalized spacial score (nSPS) is 11.2. The molecule has 2 aromatic rings. The summed E-state index contributed by atoms with van der Waals surface area (Å²) in [5, 5.41) is 11.0. The van der Waals surface area contributed by atoms with E-state index in [1.54, 1.807) is 23.6 Å². The molecular weight excluding hydrogens is 330 g/mol. The molecule has 0 saturated heterocycles. The van der Waals surface area contributed by atoms with E-state index >= 15 is 0 Å². The zero-order valence-corrected chi connectivity index (χ0v) is 14.2. The van der Waals surface area contributed by atoms with E-state index in [1.807, 2.05) is 0 Å². The summed E-state index contributed by atoms with van der Waals surface area (Å²) >= 11 is 1.19. The lowest BCUT2D eigenvalue weighted by Crippen LogP contribution is -2.22. The van der Waals surface area contributed by atoms with Gasteiger partial charge in [0.2, 0.25) is 5.75 Å². The Kier molecular flexibility index (Phi) is 5.55. The van der Waals surface area contributed by atoms with Crippen LogP contribution in [0.3, 0.4) is 0 Å². The Morgan fingerprint density at radius 2 is 1.71 bits per heavy atom. The number of methoxy groups -OCH3 is 3. The molecule has 0 radical (unpaired) electrons. The number of hydrogen-bond acceptors (Lipinski definition) is 7. The van der Waals surface area contributed by atoms with Crippen LogP contribution in [0, 0.1) is 17.2 Å². The highest BCUT2D eigenvalue weighted by Crippen LogP contribution is 2.38. The minimum Gasteiger partial charge on any atom is -0.493 e. The van der Waals surface area contributed by atoms with E-state index in [0.717, 1.165) is 0 Å². The van der Waals surface area contributed by atoms with E-state index < -0.39 is 17.5 Å². The van der Waals surface area contributed by atoms with Gasteiger partial charge in [-0.25, -0.2) is 0 Å². The van der Waals surface area contributed by atoms with Gasteiger partial charge in [-0.05, 0) is 23.6 Å². The minimum absolute atomic E-state index is 0.140. The zero-order chi connectivity index (χ0) is 17.7. The summed E-state index contributed by atoms with van der Waals surface area (Å²) in [6, 6.07) is 7.91. The number of nitriles is 1. The minimum atomic E-state index is -1.42. The fourth-order valence-electron chi connectivity index (χ4n) is 2.19. The van der Waals surface area contributed by atoms with Crippen LogP contribution in [0.1, 0.15) is 20.0 Å². The van der Waals surface area contributed by atoms with Crippen LogP contribution < -0.4 is 14.2 Å². The number of rotatable bonds is 7. The molecule has 1 atom stereocenters. The van der Waals surface area contributed by atoms with E-state index in [2.05, 4.69) is 0 Å². The van der Waals surface area contributed by atoms with Crippen LogP contribution in [0.4, 0.5) is 0 Å². The number of ketones is 2. The van der Waals surface area contributed by atoms with Crippen LogP contribution in [0.25, 0.3) is 0 Å². The second-order valence-electron chi connectivity index (χ2n) is 4.68. The summed E-state index contributed by atoms with van der Waals surface area (Å²) in [5.74, 6) is -1.68. The van der Waals surface area contributed by atoms with Crippen LogP contribution >= 0.6 is 11.3 Å². The van der Waals surface area contributed by atoms with Gasteiger partial charge in [0.05, 0.1) is 32.3 Å². The predicted octanol–water partition coefficient (Wildman–Crippen LogP) is 2.98. The molecule has 1 heterocycles. The van der Waals surface area contributed by atoms with Gasteiger partial charge < -0.3 is 14.2 Å². The molecule has 124 valence electrons. The quantitative estimate of drug-likeness (QED) is 0.566. The first kappa shape index (κ1) is 17.5. The maximum Gasteiger partial charge on any atom is 0.203 e. The molecule has 24 heavy (non-hydrogen) atoms. The molecule has 0 spiro atoms. The van der Waals surface area contributed by atoms with Crippen LogP contribution in [0.15, 0.2) is 29.6 Å². The highest BCUT2D eigenvalue weighted by Gasteiger charge is 2.30. The predicted molar refractivity (Wildman–Crippen MR) is 88.2 cm³/mol. The first-order chi connectivity index (χ1) is 11.6. The molecule has 6 nitrogen and oxygen atoms in total. The van der Waals surface area contributed by atoms with E-state index in [1.165, 1.54) is 44.8 Å². The Hall–Kier alpha value is -2.85. The van der Waals surface area contributed by atoms with Crippen LogP contribution in [-0.4, -0.2) is 32.9 Å². The van der Waals surface area contributed by atoms with Crippen molar-refractivity contribution in [2.75, 3.05) is 21.3 Å². The first-order valence-corrected chi connectivity index (χ1v) is 7.76. The van der Waals surface area contributed by atoms with Crippen molar-refractivity contribution < 1.29 is 23.8 Å². The standard InChI is InChI=1S/C17H15NO5S/c1-21-12-7-10(8-13(22-2)17(12)23-3)15(19)11(9-18)16(20)14-5-4-6-24-14/h4-8,11H,1-3H3/t11-/m1/s1. The van der Waals surface area contributed by atoms with Crippen molar-refractivity contribution in [1.29, 1.82) is 5.26 Å². The molecule has 1 aromatic heterocycles. The second-order valence-corrected chi connectivity index (χ2v) is 5.63. The number of ether oxygens (including phenoxy) is 3. The lowest BCUT2D eigenvalue weighted by Gasteiger charge is -2.14. The molecule has 0 fully saturated rings. The Balaban J connectivity index is 2.44. The number of thiophene rings is 1. The van der Waals surface area contributed by atoms with Gasteiger partial charge in [-0.3, -0.25) is 9.59 Å². The largest absolute Gasteiger partial charge is 0.493 e. The van der Waals surface area contributed by atoms with Crippen LogP contribution in [0.2, 0.25) is 0 Å². The average Bonchev–Trinajstić information content (AvgIpc) is 3.15. The molecule has 7 heteroatoms. The molecule has 0 N–H and O–H groups in total. The van der Waals surface area contributed by atoms with Crippen LogP contribution in [0.5, 0.6) is 17.2 Å². The van der Waals surface area contributed by atoms with Crippen molar-refractivity contribution in [3.05, 3.63) is 40.1 Å². The van der Waals surface area contributed by atoms with Gasteiger partial charge >= 0.3 is 0 Å². The number of hydrogen-bond donors (Lipinski definition) is 0. The summed E-state index contributed by atoms with van der Waals surface area (Å²) in [6.07, 6.45) is 0. The summed E-state index contributed by atoms with van der Waals surface area (Å²) < 4.78 is 15.6. The first-order valence-electron chi connectivity index (χ1n) is 6.88. The highest BCUT2D eigenvalue weighted by molar-refractivity contribution is 7.12. The van der Waals surface area contributed by atoms with E-state index in [0.29, 0.717) is 10.6 Å². The number of carbonyl (C=O) groups is 2. The van der Waals surface area contributed by atoms with Crippen molar-refractivity contribution in [2.24, 2.45) is 5.92 Å². The number of Topliss-reactive ketones (excluding diaryl/α,β-unsaturated/α-hetero) is 2. The monoisotopic (exact) mass is 345 g/mol. The summed E-state index contributed by atoms with van der Waals surface area (Å²) in [5.41, 5.74) is 0.140. The van der Waals surface area contributed by atoms with Crippen molar-refractivity contribution in [3.63, 3.8) is 0 Å². The SMILES string of the molecule is COc1cc(C(=O)[C@@H](C#N)C(=O)c2cccs2)cc(OC)c1OC. The summed E-state index contributed by atoms with van der Waals surface area (Å²) in [7, 11) is 4.29.